The summed E-state index contributed by atoms with van der Waals surface area (Å²) in [6.07, 6.45) is 2.32. The van der Waals surface area contributed by atoms with Crippen molar-refractivity contribution in [2.75, 3.05) is 26.2 Å². The molecule has 1 aromatic carbocycles. The molecule has 0 aliphatic rings. The molecule has 0 radical (unpaired) electrons. The van der Waals surface area contributed by atoms with Crippen molar-refractivity contribution in [1.82, 2.24) is 5.32 Å². The largest absolute Gasteiger partial charge is 0.352 e. The zero-order chi connectivity index (χ0) is 14.8. The molecule has 0 heterocycles. The van der Waals surface area contributed by atoms with Crippen molar-refractivity contribution in [3.63, 3.8) is 0 Å². The average molecular weight is 275 g/mol. The Morgan fingerprint density at radius 2 is 1.90 bits per heavy atom. The fourth-order valence-corrected chi connectivity index (χ4v) is 2.51. The van der Waals surface area contributed by atoms with E-state index in [-0.39, 0.29) is 5.91 Å². The molecule has 0 saturated heterocycles. The molecule has 20 heavy (non-hydrogen) atoms. The van der Waals surface area contributed by atoms with Crippen LogP contribution in [0.15, 0.2) is 43.0 Å². The monoisotopic (exact) mass is 275 g/mol. The lowest BCUT2D eigenvalue weighted by Crippen LogP contribution is -2.48. The van der Waals surface area contributed by atoms with Gasteiger partial charge in [-0.3, -0.25) is 4.79 Å². The molecule has 1 aromatic rings. The minimum absolute atomic E-state index is 0.0841. The summed E-state index contributed by atoms with van der Waals surface area (Å²) in [5, 5.41) is 2.85. The van der Waals surface area contributed by atoms with E-state index in [1.165, 1.54) is 11.6 Å². The number of carbonyl (C=O) groups excluding carboxylic acids is 1. The fraction of sp³-hybridized carbons (Fsp3) is 0.471. The number of nitrogens with zero attached hydrogens (tertiary/aromatic N) is 1. The van der Waals surface area contributed by atoms with E-state index in [1.807, 2.05) is 0 Å². The van der Waals surface area contributed by atoms with Gasteiger partial charge < -0.3 is 9.80 Å². The van der Waals surface area contributed by atoms with Crippen LogP contribution < -0.4 is 5.32 Å². The summed E-state index contributed by atoms with van der Waals surface area (Å²) in [6, 6.07) is 10.6. The van der Waals surface area contributed by atoms with Gasteiger partial charge in [0.05, 0.1) is 19.6 Å². The highest BCUT2D eigenvalue weighted by Crippen LogP contribution is 2.15. The van der Waals surface area contributed by atoms with Crippen molar-refractivity contribution in [2.45, 2.75) is 26.8 Å². The van der Waals surface area contributed by atoms with Crippen molar-refractivity contribution < 1.29 is 9.28 Å². The predicted octanol–water partition coefficient (Wildman–Crippen LogP) is 2.74. The maximum atomic E-state index is 11.1. The Kier molecular flexibility index (Phi) is 7.02. The van der Waals surface area contributed by atoms with Crippen LogP contribution in [0.25, 0.3) is 0 Å². The van der Waals surface area contributed by atoms with Crippen LogP contribution in [-0.4, -0.2) is 36.6 Å². The van der Waals surface area contributed by atoms with Crippen LogP contribution in [-0.2, 0) is 11.3 Å². The van der Waals surface area contributed by atoms with Gasteiger partial charge in [0, 0.05) is 18.5 Å². The van der Waals surface area contributed by atoms with E-state index in [4.69, 9.17) is 0 Å². The lowest BCUT2D eigenvalue weighted by Gasteiger charge is -2.37. The van der Waals surface area contributed by atoms with Crippen molar-refractivity contribution in [3.05, 3.63) is 48.6 Å². The van der Waals surface area contributed by atoms with E-state index in [0.29, 0.717) is 0 Å². The van der Waals surface area contributed by atoms with Crippen molar-refractivity contribution in [2.24, 2.45) is 0 Å². The summed E-state index contributed by atoms with van der Waals surface area (Å²) in [4.78, 5) is 11.1. The summed E-state index contributed by atoms with van der Waals surface area (Å²) in [5.41, 5.74) is 1.38. The maximum absolute atomic E-state index is 11.1. The zero-order valence-corrected chi connectivity index (χ0v) is 12.8. The number of amides is 1. The summed E-state index contributed by atoms with van der Waals surface area (Å²) in [6.45, 7) is 13.0. The highest BCUT2D eigenvalue weighted by atomic mass is 16.1. The number of nitrogens with one attached hydrogen (secondary N) is 1. The maximum Gasteiger partial charge on any atom is 0.243 e. The van der Waals surface area contributed by atoms with Crippen LogP contribution in [0.3, 0.4) is 0 Å². The number of carbonyl (C=O) groups is 1. The Morgan fingerprint density at radius 1 is 1.25 bits per heavy atom. The average Bonchev–Trinajstić information content (AvgIpc) is 2.51. The molecule has 3 heteroatoms. The van der Waals surface area contributed by atoms with Gasteiger partial charge in [-0.25, -0.2) is 0 Å². The van der Waals surface area contributed by atoms with Crippen LogP contribution in [0, 0.1) is 0 Å². The Hall–Kier alpha value is -1.61. The van der Waals surface area contributed by atoms with Gasteiger partial charge >= 0.3 is 0 Å². The number of hydrogen-bond donors (Lipinski definition) is 1. The smallest absolute Gasteiger partial charge is 0.243 e. The van der Waals surface area contributed by atoms with Gasteiger partial charge in [0.15, 0.2) is 0 Å². The molecular weight excluding hydrogens is 248 g/mol. The summed E-state index contributed by atoms with van der Waals surface area (Å²) >= 11 is 0. The molecule has 1 rings (SSSR count). The second-order valence-corrected chi connectivity index (χ2v) is 5.19. The van der Waals surface area contributed by atoms with Crippen LogP contribution in [0.1, 0.15) is 25.8 Å². The Balaban J connectivity index is 2.53. The van der Waals surface area contributed by atoms with Crippen molar-refractivity contribution >= 4 is 5.91 Å². The van der Waals surface area contributed by atoms with Gasteiger partial charge in [0.2, 0.25) is 5.91 Å². The normalized spacial score (nSPS) is 11.1. The van der Waals surface area contributed by atoms with E-state index >= 15 is 0 Å². The second kappa shape index (κ2) is 8.54. The van der Waals surface area contributed by atoms with Gasteiger partial charge in [-0.1, -0.05) is 36.9 Å². The molecule has 0 saturated carbocycles. The Labute approximate surface area is 122 Å². The molecular formula is C17H27N2O+. The van der Waals surface area contributed by atoms with E-state index < -0.39 is 0 Å². The lowest BCUT2D eigenvalue weighted by atomic mass is 10.1. The first-order valence-electron chi connectivity index (χ1n) is 7.45. The molecule has 0 spiro atoms. The molecule has 0 aliphatic heterocycles. The molecule has 0 aromatic heterocycles. The molecule has 0 aliphatic carbocycles. The van der Waals surface area contributed by atoms with Crippen LogP contribution in [0.2, 0.25) is 0 Å². The van der Waals surface area contributed by atoms with E-state index in [2.05, 4.69) is 56.1 Å². The van der Waals surface area contributed by atoms with Crippen LogP contribution >= 0.6 is 0 Å². The fourth-order valence-electron chi connectivity index (χ4n) is 2.51. The van der Waals surface area contributed by atoms with Gasteiger partial charge in [-0.15, -0.1) is 0 Å². The van der Waals surface area contributed by atoms with Gasteiger partial charge in [-0.05, 0) is 19.9 Å². The summed E-state index contributed by atoms with van der Waals surface area (Å²) in [7, 11) is 0. The summed E-state index contributed by atoms with van der Waals surface area (Å²) < 4.78 is 1.06. The SMILES string of the molecule is C=CC(=O)NCCC[N+](CC)(CC)Cc1ccccc1. The van der Waals surface area contributed by atoms with Gasteiger partial charge in [0.25, 0.3) is 0 Å². The predicted molar refractivity (Wildman–Crippen MR) is 84.2 cm³/mol. The molecule has 0 fully saturated rings. The van der Waals surface area contributed by atoms with Gasteiger partial charge in [-0.2, -0.15) is 0 Å². The number of benzene rings is 1. The lowest BCUT2D eigenvalue weighted by molar-refractivity contribution is -0.937. The number of rotatable bonds is 9. The van der Waals surface area contributed by atoms with Crippen molar-refractivity contribution in [1.29, 1.82) is 0 Å². The second-order valence-electron chi connectivity index (χ2n) is 5.19. The van der Waals surface area contributed by atoms with Crippen molar-refractivity contribution in [3.8, 4) is 0 Å². The quantitative estimate of drug-likeness (QED) is 0.419. The number of quaternary nitrogens is 1. The zero-order valence-electron chi connectivity index (χ0n) is 12.8. The minimum atomic E-state index is -0.0841. The first-order chi connectivity index (χ1) is 9.65. The third-order valence-corrected chi connectivity index (χ3v) is 4.00. The van der Waals surface area contributed by atoms with Crippen LogP contribution in [0.5, 0.6) is 0 Å². The first kappa shape index (κ1) is 16.4. The molecule has 0 atom stereocenters. The van der Waals surface area contributed by atoms with Crippen LogP contribution in [0.4, 0.5) is 0 Å². The highest BCUT2D eigenvalue weighted by molar-refractivity contribution is 5.86. The highest BCUT2D eigenvalue weighted by Gasteiger charge is 2.23. The topological polar surface area (TPSA) is 29.1 Å². The van der Waals surface area contributed by atoms with E-state index in [1.54, 1.807) is 0 Å². The molecule has 1 N–H and O–H groups in total. The Bertz CT molecular complexity index is 410. The first-order valence-corrected chi connectivity index (χ1v) is 7.45. The van der Waals surface area contributed by atoms with E-state index in [0.717, 1.165) is 43.6 Å². The van der Waals surface area contributed by atoms with Gasteiger partial charge in [0.1, 0.15) is 6.54 Å². The third-order valence-electron chi connectivity index (χ3n) is 4.00. The Morgan fingerprint density at radius 3 is 2.45 bits per heavy atom. The molecule has 0 unspecified atom stereocenters. The molecule has 3 nitrogen and oxygen atoms in total. The third kappa shape index (κ3) is 5.17. The molecule has 1 amide bonds. The summed E-state index contributed by atoms with van der Waals surface area (Å²) in [5.74, 6) is -0.0841. The molecule has 110 valence electrons. The minimum Gasteiger partial charge on any atom is -0.352 e. The number of hydrogen-bond acceptors (Lipinski definition) is 1. The standard InChI is InChI=1S/C17H26N2O/c1-4-17(20)18-13-10-14-19(5-2,6-3)15-16-11-8-7-9-12-16/h4,7-9,11-12H,1,5-6,10,13-15H2,2-3H3/p+1. The molecule has 0 bridgehead atoms. The van der Waals surface area contributed by atoms with E-state index in [9.17, 15) is 4.79 Å².